The van der Waals surface area contributed by atoms with E-state index in [0.717, 1.165) is 10.7 Å². The highest BCUT2D eigenvalue weighted by atomic mass is 32.1. The summed E-state index contributed by atoms with van der Waals surface area (Å²) in [5.74, 6) is 0.960. The van der Waals surface area contributed by atoms with Crippen LogP contribution in [0.3, 0.4) is 0 Å². The van der Waals surface area contributed by atoms with Crippen molar-refractivity contribution in [2.45, 2.75) is 26.7 Å². The lowest BCUT2D eigenvalue weighted by molar-refractivity contribution is -0.116. The third kappa shape index (κ3) is 2.73. The molecular weight excluding hydrogens is 226 g/mol. The smallest absolute Gasteiger partial charge is 0.234 e. The standard InChI is InChI=1S/C10H11N3O2S/c1-6-5-16-10(11-6)4-8-12-9(15-13-8)3-7(2)14/h5H,3-4H2,1-2H3. The summed E-state index contributed by atoms with van der Waals surface area (Å²) < 4.78 is 4.95. The lowest BCUT2D eigenvalue weighted by Gasteiger charge is -1.87. The Labute approximate surface area is 96.5 Å². The predicted molar refractivity (Wildman–Crippen MR) is 58.3 cm³/mol. The molecule has 2 aromatic heterocycles. The van der Waals surface area contributed by atoms with Gasteiger partial charge in [-0.15, -0.1) is 11.3 Å². The van der Waals surface area contributed by atoms with E-state index < -0.39 is 0 Å². The molecule has 0 radical (unpaired) electrons. The largest absolute Gasteiger partial charge is 0.339 e. The first-order valence-electron chi connectivity index (χ1n) is 4.85. The van der Waals surface area contributed by atoms with Gasteiger partial charge in [0.25, 0.3) is 0 Å². The molecule has 0 aliphatic rings. The third-order valence-corrected chi connectivity index (χ3v) is 2.85. The number of nitrogens with zero attached hydrogens (tertiary/aromatic N) is 3. The Balaban J connectivity index is 2.05. The Morgan fingerprint density at radius 2 is 2.31 bits per heavy atom. The molecule has 0 spiro atoms. The number of rotatable bonds is 4. The summed E-state index contributed by atoms with van der Waals surface area (Å²) in [5.41, 5.74) is 0.993. The van der Waals surface area contributed by atoms with Gasteiger partial charge in [-0.2, -0.15) is 4.98 Å². The molecule has 0 amide bonds. The fourth-order valence-corrected chi connectivity index (χ4v) is 2.03. The highest BCUT2D eigenvalue weighted by Gasteiger charge is 2.10. The van der Waals surface area contributed by atoms with Gasteiger partial charge in [0.1, 0.15) is 10.8 Å². The first-order chi connectivity index (χ1) is 7.63. The van der Waals surface area contributed by atoms with Crippen molar-refractivity contribution in [1.82, 2.24) is 15.1 Å². The van der Waals surface area contributed by atoms with Crippen LogP contribution in [0.1, 0.15) is 29.3 Å². The Bertz CT molecular complexity index is 504. The molecule has 0 unspecified atom stereocenters. The molecule has 5 nitrogen and oxygen atoms in total. The Kier molecular flexibility index (Phi) is 3.09. The fourth-order valence-electron chi connectivity index (χ4n) is 1.27. The zero-order valence-electron chi connectivity index (χ0n) is 9.06. The lowest BCUT2D eigenvalue weighted by Crippen LogP contribution is -1.97. The van der Waals surface area contributed by atoms with Crippen molar-refractivity contribution in [2.75, 3.05) is 0 Å². The van der Waals surface area contributed by atoms with Gasteiger partial charge in [-0.05, 0) is 13.8 Å². The number of aryl methyl sites for hydroxylation is 1. The van der Waals surface area contributed by atoms with E-state index in [1.54, 1.807) is 11.3 Å². The van der Waals surface area contributed by atoms with Crippen LogP contribution < -0.4 is 0 Å². The van der Waals surface area contributed by atoms with E-state index in [4.69, 9.17) is 4.52 Å². The van der Waals surface area contributed by atoms with Crippen LogP contribution in [0.4, 0.5) is 0 Å². The Morgan fingerprint density at radius 3 is 2.94 bits per heavy atom. The molecule has 0 aliphatic carbocycles. The van der Waals surface area contributed by atoms with E-state index in [1.165, 1.54) is 6.92 Å². The predicted octanol–water partition coefficient (Wildman–Crippen LogP) is 1.56. The number of hydrogen-bond donors (Lipinski definition) is 0. The number of aromatic nitrogens is 3. The Morgan fingerprint density at radius 1 is 1.50 bits per heavy atom. The summed E-state index contributed by atoms with van der Waals surface area (Å²) in [5, 5.41) is 6.73. The van der Waals surface area contributed by atoms with Gasteiger partial charge in [-0.1, -0.05) is 5.16 Å². The number of hydrogen-bond acceptors (Lipinski definition) is 6. The zero-order valence-corrected chi connectivity index (χ0v) is 9.87. The molecule has 0 atom stereocenters. The van der Waals surface area contributed by atoms with Gasteiger partial charge in [0, 0.05) is 11.1 Å². The van der Waals surface area contributed by atoms with E-state index in [9.17, 15) is 4.79 Å². The van der Waals surface area contributed by atoms with Crippen LogP contribution in [0, 0.1) is 6.92 Å². The van der Waals surface area contributed by atoms with Gasteiger partial charge in [0.05, 0.1) is 12.8 Å². The molecule has 2 aromatic rings. The number of Topliss-reactive ketones (excluding diaryl/α,β-unsaturated/α-hetero) is 1. The monoisotopic (exact) mass is 237 g/mol. The normalized spacial score (nSPS) is 10.6. The highest BCUT2D eigenvalue weighted by Crippen LogP contribution is 2.12. The lowest BCUT2D eigenvalue weighted by atomic mass is 10.3. The van der Waals surface area contributed by atoms with Crippen LogP contribution in [0.15, 0.2) is 9.90 Å². The molecule has 6 heteroatoms. The number of thiazole rings is 1. The van der Waals surface area contributed by atoms with Crippen LogP contribution in [0.25, 0.3) is 0 Å². The number of carbonyl (C=O) groups excluding carboxylic acids is 1. The quantitative estimate of drug-likeness (QED) is 0.807. The van der Waals surface area contributed by atoms with Crippen molar-refractivity contribution in [3.8, 4) is 0 Å². The van der Waals surface area contributed by atoms with Crippen LogP contribution in [-0.2, 0) is 17.6 Å². The van der Waals surface area contributed by atoms with Crippen LogP contribution in [0.2, 0.25) is 0 Å². The first-order valence-corrected chi connectivity index (χ1v) is 5.73. The van der Waals surface area contributed by atoms with Crippen LogP contribution in [0.5, 0.6) is 0 Å². The van der Waals surface area contributed by atoms with Crippen molar-refractivity contribution in [2.24, 2.45) is 0 Å². The number of carbonyl (C=O) groups is 1. The molecule has 0 aromatic carbocycles. The summed E-state index contributed by atoms with van der Waals surface area (Å²) >= 11 is 1.57. The van der Waals surface area contributed by atoms with Crippen LogP contribution in [-0.4, -0.2) is 20.9 Å². The second kappa shape index (κ2) is 4.52. The molecular formula is C10H11N3O2S. The molecule has 0 saturated carbocycles. The van der Waals surface area contributed by atoms with Crippen molar-refractivity contribution >= 4 is 17.1 Å². The van der Waals surface area contributed by atoms with E-state index in [1.807, 2.05) is 12.3 Å². The maximum atomic E-state index is 10.8. The van der Waals surface area contributed by atoms with Gasteiger partial charge in [0.2, 0.25) is 5.89 Å². The van der Waals surface area contributed by atoms with Gasteiger partial charge >= 0.3 is 0 Å². The van der Waals surface area contributed by atoms with Gasteiger partial charge in [0.15, 0.2) is 5.82 Å². The highest BCUT2D eigenvalue weighted by molar-refractivity contribution is 7.09. The third-order valence-electron chi connectivity index (χ3n) is 1.89. The molecule has 0 fully saturated rings. The average Bonchev–Trinajstić information content (AvgIpc) is 2.76. The molecule has 0 aliphatic heterocycles. The Hall–Kier alpha value is -1.56. The fraction of sp³-hybridized carbons (Fsp3) is 0.400. The average molecular weight is 237 g/mol. The van der Waals surface area contributed by atoms with E-state index in [2.05, 4.69) is 15.1 Å². The number of ketones is 1. The molecule has 16 heavy (non-hydrogen) atoms. The minimum absolute atomic E-state index is 0.0142. The second-order valence-corrected chi connectivity index (χ2v) is 4.49. The van der Waals surface area contributed by atoms with Gasteiger partial charge in [-0.3, -0.25) is 4.79 Å². The summed E-state index contributed by atoms with van der Waals surface area (Å²) in [4.78, 5) is 19.3. The van der Waals surface area contributed by atoms with Crippen molar-refractivity contribution < 1.29 is 9.32 Å². The van der Waals surface area contributed by atoms with E-state index in [0.29, 0.717) is 18.1 Å². The van der Waals surface area contributed by atoms with Crippen molar-refractivity contribution in [3.63, 3.8) is 0 Å². The zero-order chi connectivity index (χ0) is 11.5. The molecule has 2 rings (SSSR count). The first kappa shape index (κ1) is 10.9. The maximum Gasteiger partial charge on any atom is 0.234 e. The minimum Gasteiger partial charge on any atom is -0.339 e. The topological polar surface area (TPSA) is 68.9 Å². The SMILES string of the molecule is CC(=O)Cc1nc(Cc2nc(C)cs2)no1. The molecule has 2 heterocycles. The maximum absolute atomic E-state index is 10.8. The van der Waals surface area contributed by atoms with E-state index in [-0.39, 0.29) is 12.2 Å². The molecule has 0 bridgehead atoms. The second-order valence-electron chi connectivity index (χ2n) is 3.54. The summed E-state index contributed by atoms with van der Waals surface area (Å²) in [6, 6.07) is 0. The summed E-state index contributed by atoms with van der Waals surface area (Å²) in [7, 11) is 0. The minimum atomic E-state index is 0.0142. The van der Waals surface area contributed by atoms with Crippen LogP contribution >= 0.6 is 11.3 Å². The van der Waals surface area contributed by atoms with Crippen molar-refractivity contribution in [1.29, 1.82) is 0 Å². The molecule has 84 valence electrons. The molecule has 0 N–H and O–H groups in total. The van der Waals surface area contributed by atoms with Gasteiger partial charge < -0.3 is 4.52 Å². The molecule has 0 saturated heterocycles. The summed E-state index contributed by atoms with van der Waals surface area (Å²) in [6.07, 6.45) is 0.754. The van der Waals surface area contributed by atoms with E-state index >= 15 is 0 Å². The summed E-state index contributed by atoms with van der Waals surface area (Å²) in [6.45, 7) is 3.44. The van der Waals surface area contributed by atoms with Crippen molar-refractivity contribution in [3.05, 3.63) is 27.8 Å². The van der Waals surface area contributed by atoms with Gasteiger partial charge in [-0.25, -0.2) is 4.98 Å².